The molecule has 0 aromatic heterocycles. The summed E-state index contributed by atoms with van der Waals surface area (Å²) in [6.45, 7) is 6.83. The Kier molecular flexibility index (Phi) is 6.28. The van der Waals surface area contributed by atoms with Crippen LogP contribution in [-0.2, 0) is 5.41 Å². The van der Waals surface area contributed by atoms with E-state index < -0.39 is 0 Å². The van der Waals surface area contributed by atoms with E-state index >= 15 is 0 Å². The number of halogens is 1. The molecule has 0 N–H and O–H groups in total. The fourth-order valence-corrected chi connectivity index (χ4v) is 6.35. The van der Waals surface area contributed by atoms with Crippen molar-refractivity contribution in [2.75, 3.05) is 4.90 Å². The molecule has 1 nitrogen and oxygen atoms in total. The van der Waals surface area contributed by atoms with Gasteiger partial charge in [0.2, 0.25) is 0 Å². The van der Waals surface area contributed by atoms with Crippen molar-refractivity contribution < 1.29 is 4.39 Å². The molecule has 2 heteroatoms. The lowest BCUT2D eigenvalue weighted by atomic mass is 9.72. The van der Waals surface area contributed by atoms with Crippen LogP contribution in [0.5, 0.6) is 0 Å². The standard InChI is InChI=1S/C40H32FN/c1-27-24-31(28-10-6-4-7-11-28)16-21-37(27)42-38-22-17-32(29-12-8-5-9-13-29)25-35(38)40(2,3)36-26-33(18-23-39(36)42)30-14-19-34(41)20-15-30/h4-26H,1-3H3. The Balaban J connectivity index is 1.44. The summed E-state index contributed by atoms with van der Waals surface area (Å²) in [5, 5.41) is 0. The van der Waals surface area contributed by atoms with Crippen LogP contribution in [-0.4, -0.2) is 0 Å². The molecule has 0 bridgehead atoms. The minimum atomic E-state index is -0.264. The zero-order valence-electron chi connectivity index (χ0n) is 24.1. The van der Waals surface area contributed by atoms with E-state index in [0.29, 0.717) is 0 Å². The van der Waals surface area contributed by atoms with Gasteiger partial charge in [0.15, 0.2) is 0 Å². The highest BCUT2D eigenvalue weighted by Crippen LogP contribution is 2.54. The predicted molar refractivity (Wildman–Crippen MR) is 174 cm³/mol. The van der Waals surface area contributed by atoms with Crippen molar-refractivity contribution in [3.05, 3.63) is 162 Å². The fraction of sp³-hybridized carbons (Fsp3) is 0.100. The second kappa shape index (κ2) is 10.2. The maximum Gasteiger partial charge on any atom is 0.123 e. The molecule has 0 atom stereocenters. The van der Waals surface area contributed by atoms with Crippen LogP contribution in [0, 0.1) is 12.7 Å². The van der Waals surface area contributed by atoms with Crippen LogP contribution in [0.3, 0.4) is 0 Å². The maximum atomic E-state index is 13.7. The smallest absolute Gasteiger partial charge is 0.123 e. The molecule has 1 aliphatic rings. The lowest BCUT2D eigenvalue weighted by Crippen LogP contribution is -2.31. The highest BCUT2D eigenvalue weighted by molar-refractivity contribution is 5.90. The number of rotatable bonds is 4. The molecule has 6 aromatic rings. The van der Waals surface area contributed by atoms with E-state index in [2.05, 4.69) is 141 Å². The van der Waals surface area contributed by atoms with Gasteiger partial charge in [-0.1, -0.05) is 105 Å². The van der Waals surface area contributed by atoms with E-state index in [1.165, 1.54) is 62.5 Å². The Hall–Kier alpha value is -4.95. The number of benzene rings is 6. The minimum Gasteiger partial charge on any atom is -0.310 e. The van der Waals surface area contributed by atoms with Crippen molar-refractivity contribution in [3.8, 4) is 33.4 Å². The van der Waals surface area contributed by atoms with Gasteiger partial charge in [0, 0.05) is 11.1 Å². The number of nitrogens with zero attached hydrogens (tertiary/aromatic N) is 1. The van der Waals surface area contributed by atoms with Gasteiger partial charge in [0.05, 0.1) is 11.4 Å². The summed E-state index contributed by atoms with van der Waals surface area (Å²) in [5.74, 6) is -0.222. The quantitative estimate of drug-likeness (QED) is 0.213. The number of fused-ring (bicyclic) bond motifs is 2. The number of hydrogen-bond donors (Lipinski definition) is 0. The van der Waals surface area contributed by atoms with Crippen molar-refractivity contribution in [1.29, 1.82) is 0 Å². The lowest BCUT2D eigenvalue weighted by Gasteiger charge is -2.43. The monoisotopic (exact) mass is 545 g/mol. The summed E-state index contributed by atoms with van der Waals surface area (Å²) in [6.07, 6.45) is 0. The average molecular weight is 546 g/mol. The van der Waals surface area contributed by atoms with Gasteiger partial charge in [-0.3, -0.25) is 0 Å². The molecule has 0 saturated heterocycles. The van der Waals surface area contributed by atoms with E-state index in [1.807, 2.05) is 12.1 Å². The first-order valence-corrected chi connectivity index (χ1v) is 14.5. The Morgan fingerprint density at radius 2 is 0.857 bits per heavy atom. The normalized spacial score (nSPS) is 13.4. The number of anilines is 3. The molecule has 0 fully saturated rings. The van der Waals surface area contributed by atoms with Gasteiger partial charge < -0.3 is 4.90 Å². The third-order valence-corrected chi connectivity index (χ3v) is 8.65. The van der Waals surface area contributed by atoms with Gasteiger partial charge in [0.25, 0.3) is 0 Å². The molecule has 0 saturated carbocycles. The van der Waals surface area contributed by atoms with Crippen LogP contribution in [0.25, 0.3) is 33.4 Å². The third kappa shape index (κ3) is 4.40. The van der Waals surface area contributed by atoms with Gasteiger partial charge in [-0.25, -0.2) is 4.39 Å². The van der Waals surface area contributed by atoms with E-state index in [0.717, 1.165) is 16.8 Å². The van der Waals surface area contributed by atoms with Crippen LogP contribution in [0.4, 0.5) is 21.5 Å². The summed E-state index contributed by atoms with van der Waals surface area (Å²) >= 11 is 0. The molecular formula is C40H32FN. The first-order valence-electron chi connectivity index (χ1n) is 14.5. The summed E-state index contributed by atoms with van der Waals surface area (Å²) in [5.41, 5.74) is 13.9. The van der Waals surface area contributed by atoms with Gasteiger partial charge in [-0.15, -0.1) is 0 Å². The van der Waals surface area contributed by atoms with E-state index in [4.69, 9.17) is 0 Å². The third-order valence-electron chi connectivity index (χ3n) is 8.65. The summed E-state index contributed by atoms with van der Waals surface area (Å²) in [6, 6.07) is 48.2. The first-order chi connectivity index (χ1) is 20.4. The van der Waals surface area contributed by atoms with Gasteiger partial charge in [-0.05, 0) is 106 Å². The van der Waals surface area contributed by atoms with Crippen molar-refractivity contribution in [2.24, 2.45) is 0 Å². The zero-order valence-corrected chi connectivity index (χ0v) is 24.1. The summed E-state index contributed by atoms with van der Waals surface area (Å²) < 4.78 is 13.7. The molecular weight excluding hydrogens is 513 g/mol. The minimum absolute atomic E-state index is 0.222. The molecule has 0 radical (unpaired) electrons. The lowest BCUT2D eigenvalue weighted by molar-refractivity contribution is 0.628. The van der Waals surface area contributed by atoms with Crippen molar-refractivity contribution >= 4 is 17.1 Å². The second-order valence-corrected chi connectivity index (χ2v) is 11.7. The molecule has 7 rings (SSSR count). The molecule has 0 unspecified atom stereocenters. The molecule has 1 heterocycles. The van der Waals surface area contributed by atoms with Gasteiger partial charge >= 0.3 is 0 Å². The average Bonchev–Trinajstić information content (AvgIpc) is 3.03. The Labute approximate surface area is 247 Å². The molecule has 0 amide bonds. The Bertz CT molecular complexity index is 1900. The SMILES string of the molecule is Cc1cc(-c2ccccc2)ccc1N1c2ccc(-c3ccccc3)cc2C(C)(C)c2cc(-c3ccc(F)cc3)ccc21. The fourth-order valence-electron chi connectivity index (χ4n) is 6.35. The first kappa shape index (κ1) is 26.0. The predicted octanol–water partition coefficient (Wildman–Crippen LogP) is 11.2. The molecule has 204 valence electrons. The molecule has 0 spiro atoms. The second-order valence-electron chi connectivity index (χ2n) is 11.7. The molecule has 6 aromatic carbocycles. The molecule has 0 aliphatic carbocycles. The van der Waals surface area contributed by atoms with Crippen LogP contribution in [0.2, 0.25) is 0 Å². The molecule has 42 heavy (non-hydrogen) atoms. The topological polar surface area (TPSA) is 3.24 Å². The highest BCUT2D eigenvalue weighted by Gasteiger charge is 2.38. The van der Waals surface area contributed by atoms with Crippen molar-refractivity contribution in [1.82, 2.24) is 0 Å². The zero-order chi connectivity index (χ0) is 28.8. The molecule has 1 aliphatic heterocycles. The number of hydrogen-bond acceptors (Lipinski definition) is 1. The maximum absolute atomic E-state index is 13.7. The van der Waals surface area contributed by atoms with Gasteiger partial charge in [0.1, 0.15) is 5.82 Å². The van der Waals surface area contributed by atoms with Crippen LogP contribution in [0.15, 0.2) is 140 Å². The number of aryl methyl sites for hydroxylation is 1. The Morgan fingerprint density at radius 1 is 0.452 bits per heavy atom. The van der Waals surface area contributed by atoms with Crippen LogP contribution < -0.4 is 4.90 Å². The van der Waals surface area contributed by atoms with Crippen molar-refractivity contribution in [3.63, 3.8) is 0 Å². The highest BCUT2D eigenvalue weighted by atomic mass is 19.1. The largest absolute Gasteiger partial charge is 0.310 e. The van der Waals surface area contributed by atoms with E-state index in [-0.39, 0.29) is 11.2 Å². The Morgan fingerprint density at radius 3 is 1.33 bits per heavy atom. The summed E-state index contributed by atoms with van der Waals surface area (Å²) in [7, 11) is 0. The summed E-state index contributed by atoms with van der Waals surface area (Å²) in [4.78, 5) is 2.42. The van der Waals surface area contributed by atoms with Gasteiger partial charge in [-0.2, -0.15) is 0 Å². The van der Waals surface area contributed by atoms with Crippen molar-refractivity contribution in [2.45, 2.75) is 26.2 Å². The van der Waals surface area contributed by atoms with E-state index in [1.54, 1.807) is 0 Å². The van der Waals surface area contributed by atoms with Crippen LogP contribution in [0.1, 0.15) is 30.5 Å². The van der Waals surface area contributed by atoms with E-state index in [9.17, 15) is 4.39 Å². The van der Waals surface area contributed by atoms with Crippen LogP contribution >= 0.6 is 0 Å².